The van der Waals surface area contributed by atoms with E-state index in [1.165, 1.54) is 6.33 Å². The van der Waals surface area contributed by atoms with Crippen LogP contribution in [0.15, 0.2) is 35.4 Å². The minimum absolute atomic E-state index is 0.0276. The van der Waals surface area contributed by atoms with E-state index in [4.69, 9.17) is 0 Å². The maximum absolute atomic E-state index is 11.7. The Morgan fingerprint density at radius 1 is 1.25 bits per heavy atom. The molecule has 0 atom stereocenters. The first-order valence-electron chi connectivity index (χ1n) is 6.13. The lowest BCUT2D eigenvalue weighted by molar-refractivity contribution is 0.280. The second kappa shape index (κ2) is 5.14. The van der Waals surface area contributed by atoms with Gasteiger partial charge in [0.15, 0.2) is 11.2 Å². The van der Waals surface area contributed by atoms with Crippen LogP contribution in [0.3, 0.4) is 0 Å². The van der Waals surface area contributed by atoms with E-state index in [1.807, 2.05) is 24.3 Å². The monoisotopic (exact) mass is 271 g/mol. The number of H-pyrrole nitrogens is 2. The zero-order valence-corrected chi connectivity index (χ0v) is 10.6. The molecule has 3 rings (SSSR count). The highest BCUT2D eigenvalue weighted by Crippen LogP contribution is 2.10. The molecule has 0 aliphatic heterocycles. The second-order valence-electron chi connectivity index (χ2n) is 4.30. The van der Waals surface area contributed by atoms with E-state index in [-0.39, 0.29) is 12.2 Å². The Morgan fingerprint density at radius 2 is 2.05 bits per heavy atom. The number of imidazole rings is 1. The third-order valence-corrected chi connectivity index (χ3v) is 3.03. The molecule has 0 bridgehead atoms. The van der Waals surface area contributed by atoms with Gasteiger partial charge in [-0.3, -0.25) is 9.78 Å². The average molecular weight is 271 g/mol. The fourth-order valence-corrected chi connectivity index (χ4v) is 1.99. The van der Waals surface area contributed by atoms with Gasteiger partial charge < -0.3 is 15.4 Å². The number of aromatic amines is 2. The number of fused-ring (bicyclic) bond motifs is 1. The van der Waals surface area contributed by atoms with Gasteiger partial charge in [-0.15, -0.1) is 0 Å². The van der Waals surface area contributed by atoms with Gasteiger partial charge >= 0.3 is 0 Å². The fourth-order valence-electron chi connectivity index (χ4n) is 1.99. The Morgan fingerprint density at radius 3 is 2.85 bits per heavy atom. The summed E-state index contributed by atoms with van der Waals surface area (Å²) in [6.07, 6.45) is 1.43. The first kappa shape index (κ1) is 12.4. The van der Waals surface area contributed by atoms with Gasteiger partial charge in [0.1, 0.15) is 0 Å². The molecule has 4 N–H and O–H groups in total. The van der Waals surface area contributed by atoms with Gasteiger partial charge in [-0.05, 0) is 11.1 Å². The van der Waals surface area contributed by atoms with E-state index < -0.39 is 0 Å². The number of aliphatic hydroxyl groups is 1. The van der Waals surface area contributed by atoms with Gasteiger partial charge in [-0.2, -0.15) is 4.98 Å². The van der Waals surface area contributed by atoms with Crippen molar-refractivity contribution in [3.8, 4) is 0 Å². The molecule has 0 amide bonds. The van der Waals surface area contributed by atoms with Crippen molar-refractivity contribution in [2.24, 2.45) is 0 Å². The highest BCUT2D eigenvalue weighted by atomic mass is 16.3. The maximum atomic E-state index is 11.7. The molecule has 102 valence electrons. The summed E-state index contributed by atoms with van der Waals surface area (Å²) in [5.41, 5.74) is 2.23. The molecule has 0 radical (unpaired) electrons. The molecule has 7 heteroatoms. The van der Waals surface area contributed by atoms with E-state index >= 15 is 0 Å². The second-order valence-corrected chi connectivity index (χ2v) is 4.30. The molecule has 20 heavy (non-hydrogen) atoms. The summed E-state index contributed by atoms with van der Waals surface area (Å²) < 4.78 is 0. The van der Waals surface area contributed by atoms with Crippen molar-refractivity contribution in [1.29, 1.82) is 0 Å². The number of nitrogens with one attached hydrogen (secondary N) is 3. The molecule has 3 aromatic rings. The molecule has 7 nitrogen and oxygen atoms in total. The molecule has 2 aromatic heterocycles. The molecule has 0 aliphatic carbocycles. The van der Waals surface area contributed by atoms with Crippen molar-refractivity contribution in [2.75, 3.05) is 5.32 Å². The maximum Gasteiger partial charge on any atom is 0.278 e. The first-order valence-corrected chi connectivity index (χ1v) is 6.13. The number of nitrogens with zero attached hydrogens (tertiary/aromatic N) is 2. The number of hydrogen-bond donors (Lipinski definition) is 4. The van der Waals surface area contributed by atoms with E-state index in [9.17, 15) is 9.90 Å². The smallest absolute Gasteiger partial charge is 0.278 e. The van der Waals surface area contributed by atoms with Crippen LogP contribution in [-0.4, -0.2) is 25.0 Å². The highest BCUT2D eigenvalue weighted by Gasteiger charge is 2.06. The molecular weight excluding hydrogens is 258 g/mol. The average Bonchev–Trinajstić information content (AvgIpc) is 2.94. The summed E-state index contributed by atoms with van der Waals surface area (Å²) in [7, 11) is 0. The van der Waals surface area contributed by atoms with Crippen LogP contribution in [0.2, 0.25) is 0 Å². The van der Waals surface area contributed by atoms with E-state index in [1.54, 1.807) is 0 Å². The standard InChI is InChI=1S/C13H13N5O2/c19-6-9-4-2-1-3-8(9)5-14-13-17-11-10(12(20)18-13)15-7-16-11/h1-4,7,19H,5-6H2,(H3,14,15,16,17,18,20). The van der Waals surface area contributed by atoms with Crippen LogP contribution in [-0.2, 0) is 13.2 Å². The molecular formula is C13H13N5O2. The summed E-state index contributed by atoms with van der Waals surface area (Å²) in [6, 6.07) is 7.52. The van der Waals surface area contributed by atoms with Crippen molar-refractivity contribution in [2.45, 2.75) is 13.2 Å². The Labute approximate surface area is 113 Å². The van der Waals surface area contributed by atoms with Crippen LogP contribution >= 0.6 is 0 Å². The predicted molar refractivity (Wildman–Crippen MR) is 74.2 cm³/mol. The molecule has 0 aliphatic rings. The largest absolute Gasteiger partial charge is 0.392 e. The zero-order chi connectivity index (χ0) is 13.9. The van der Waals surface area contributed by atoms with Crippen molar-refractivity contribution in [1.82, 2.24) is 19.9 Å². The van der Waals surface area contributed by atoms with Crippen molar-refractivity contribution >= 4 is 17.1 Å². The van der Waals surface area contributed by atoms with E-state index in [2.05, 4.69) is 25.3 Å². The van der Waals surface area contributed by atoms with Crippen LogP contribution in [0.25, 0.3) is 11.2 Å². The number of rotatable bonds is 4. The number of aliphatic hydroxyl groups excluding tert-OH is 1. The topological polar surface area (TPSA) is 107 Å². The minimum Gasteiger partial charge on any atom is -0.392 e. The minimum atomic E-state index is -0.273. The summed E-state index contributed by atoms with van der Waals surface area (Å²) >= 11 is 0. The first-order chi connectivity index (χ1) is 9.78. The van der Waals surface area contributed by atoms with Crippen LogP contribution in [0.4, 0.5) is 5.95 Å². The Bertz CT molecular complexity index is 793. The summed E-state index contributed by atoms with van der Waals surface area (Å²) in [6.45, 7) is 0.426. The summed E-state index contributed by atoms with van der Waals surface area (Å²) in [4.78, 5) is 25.3. The Balaban J connectivity index is 1.85. The van der Waals surface area contributed by atoms with Crippen LogP contribution < -0.4 is 10.9 Å². The quantitative estimate of drug-likeness (QED) is 0.560. The number of aromatic nitrogens is 4. The summed E-state index contributed by atoms with van der Waals surface area (Å²) in [5, 5.41) is 12.3. The lowest BCUT2D eigenvalue weighted by atomic mass is 10.1. The van der Waals surface area contributed by atoms with Crippen LogP contribution in [0, 0.1) is 0 Å². The van der Waals surface area contributed by atoms with Gasteiger partial charge in [0.25, 0.3) is 5.56 Å². The van der Waals surface area contributed by atoms with Gasteiger partial charge in [0.2, 0.25) is 5.95 Å². The molecule has 0 fully saturated rings. The third kappa shape index (κ3) is 2.26. The van der Waals surface area contributed by atoms with E-state index in [0.717, 1.165) is 11.1 Å². The molecule has 0 saturated carbocycles. The van der Waals surface area contributed by atoms with Gasteiger partial charge in [-0.1, -0.05) is 24.3 Å². The van der Waals surface area contributed by atoms with Crippen LogP contribution in [0.1, 0.15) is 11.1 Å². The van der Waals surface area contributed by atoms with Crippen molar-refractivity contribution in [3.05, 3.63) is 52.1 Å². The van der Waals surface area contributed by atoms with Gasteiger partial charge in [0.05, 0.1) is 12.9 Å². The molecule has 1 aromatic carbocycles. The molecule has 0 unspecified atom stereocenters. The number of anilines is 1. The Hall–Kier alpha value is -2.67. The Kier molecular flexibility index (Phi) is 3.18. The molecule has 0 spiro atoms. The third-order valence-electron chi connectivity index (χ3n) is 3.03. The van der Waals surface area contributed by atoms with E-state index in [0.29, 0.717) is 23.7 Å². The SMILES string of the molecule is O=c1[nH]c(NCc2ccccc2CO)nc2nc[nH]c12. The highest BCUT2D eigenvalue weighted by molar-refractivity contribution is 5.69. The number of benzene rings is 1. The molecule has 2 heterocycles. The fraction of sp³-hybridized carbons (Fsp3) is 0.154. The van der Waals surface area contributed by atoms with Crippen molar-refractivity contribution in [3.63, 3.8) is 0 Å². The van der Waals surface area contributed by atoms with Crippen LogP contribution in [0.5, 0.6) is 0 Å². The van der Waals surface area contributed by atoms with Gasteiger partial charge in [0, 0.05) is 6.54 Å². The lowest BCUT2D eigenvalue weighted by Gasteiger charge is -2.08. The molecule has 0 saturated heterocycles. The zero-order valence-electron chi connectivity index (χ0n) is 10.6. The van der Waals surface area contributed by atoms with Crippen molar-refractivity contribution < 1.29 is 5.11 Å². The summed E-state index contributed by atoms with van der Waals surface area (Å²) in [5.74, 6) is 0.349. The van der Waals surface area contributed by atoms with Gasteiger partial charge in [-0.25, -0.2) is 4.98 Å². The lowest BCUT2D eigenvalue weighted by Crippen LogP contribution is -2.13. The predicted octanol–water partition coefficient (Wildman–Crippen LogP) is 0.751. The normalized spacial score (nSPS) is 10.8. The number of hydrogen-bond acceptors (Lipinski definition) is 5.